The van der Waals surface area contributed by atoms with E-state index in [1.165, 1.54) is 77.0 Å². The van der Waals surface area contributed by atoms with Crippen LogP contribution in [0.3, 0.4) is 0 Å². The first-order chi connectivity index (χ1) is 16.1. The Morgan fingerprint density at radius 1 is 0.909 bits per heavy atom. The Labute approximate surface area is 201 Å². The molecule has 0 bridgehead atoms. The summed E-state index contributed by atoms with van der Waals surface area (Å²) in [4.78, 5) is 0. The molecule has 0 saturated heterocycles. The lowest BCUT2D eigenvalue weighted by Gasteiger charge is -2.45. The molecule has 5 atom stereocenters. The molecular formula is C31H46F2. The molecule has 4 rings (SSSR count). The summed E-state index contributed by atoms with van der Waals surface area (Å²) >= 11 is 0. The Hall–Kier alpha value is -1.18. The summed E-state index contributed by atoms with van der Waals surface area (Å²) in [5, 5.41) is 0. The molecule has 0 aliphatic heterocycles. The van der Waals surface area contributed by atoms with Gasteiger partial charge in [-0.05, 0) is 111 Å². The highest BCUT2D eigenvalue weighted by Gasteiger charge is 2.39. The van der Waals surface area contributed by atoms with Crippen LogP contribution in [0.5, 0.6) is 0 Å². The zero-order valence-electron chi connectivity index (χ0n) is 21.0. The summed E-state index contributed by atoms with van der Waals surface area (Å²) in [6.07, 6.45) is 22.5. The van der Waals surface area contributed by atoms with Gasteiger partial charge in [-0.3, -0.25) is 0 Å². The first kappa shape index (κ1) is 24.9. The highest BCUT2D eigenvalue weighted by Crippen LogP contribution is 2.49. The van der Waals surface area contributed by atoms with E-state index in [-0.39, 0.29) is 17.2 Å². The lowest BCUT2D eigenvalue weighted by atomic mass is 9.60. The van der Waals surface area contributed by atoms with Gasteiger partial charge in [-0.15, -0.1) is 6.58 Å². The number of unbranched alkanes of at least 4 members (excludes halogenated alkanes) is 4. The van der Waals surface area contributed by atoms with E-state index in [2.05, 4.69) is 13.5 Å². The van der Waals surface area contributed by atoms with Crippen LogP contribution < -0.4 is 0 Å². The van der Waals surface area contributed by atoms with E-state index in [1.807, 2.05) is 0 Å². The first-order valence-corrected chi connectivity index (χ1v) is 14.2. The average molecular weight is 457 g/mol. The van der Waals surface area contributed by atoms with E-state index in [0.29, 0.717) is 18.8 Å². The highest BCUT2D eigenvalue weighted by atomic mass is 19.1. The van der Waals surface area contributed by atoms with Crippen LogP contribution in [0.2, 0.25) is 0 Å². The number of halogens is 2. The van der Waals surface area contributed by atoms with Crippen LogP contribution in [0, 0.1) is 41.2 Å². The number of hydrogen-bond donors (Lipinski definition) is 0. The van der Waals surface area contributed by atoms with Gasteiger partial charge in [-0.2, -0.15) is 0 Å². The third kappa shape index (κ3) is 6.09. The Morgan fingerprint density at radius 3 is 2.42 bits per heavy atom. The van der Waals surface area contributed by atoms with E-state index in [9.17, 15) is 4.39 Å². The van der Waals surface area contributed by atoms with E-state index in [0.717, 1.165) is 54.1 Å². The second-order valence-corrected chi connectivity index (χ2v) is 11.6. The van der Waals surface area contributed by atoms with Gasteiger partial charge in [0.15, 0.2) is 0 Å². The molecule has 2 fully saturated rings. The van der Waals surface area contributed by atoms with Gasteiger partial charge in [0.1, 0.15) is 11.6 Å². The molecule has 1 aromatic rings. The highest BCUT2D eigenvalue weighted by molar-refractivity contribution is 5.37. The summed E-state index contributed by atoms with van der Waals surface area (Å²) in [5.74, 6) is 3.62. The Bertz CT molecular complexity index is 782. The largest absolute Gasteiger partial charge is 0.207 e. The van der Waals surface area contributed by atoms with Crippen molar-refractivity contribution in [2.45, 2.75) is 116 Å². The number of benzene rings is 1. The van der Waals surface area contributed by atoms with Gasteiger partial charge in [0.2, 0.25) is 0 Å². The van der Waals surface area contributed by atoms with Crippen molar-refractivity contribution in [1.29, 1.82) is 0 Å². The zero-order valence-corrected chi connectivity index (χ0v) is 21.0. The molecule has 0 aromatic heterocycles. The lowest BCUT2D eigenvalue weighted by molar-refractivity contribution is 0.0688. The molecular weight excluding hydrogens is 410 g/mol. The van der Waals surface area contributed by atoms with Gasteiger partial charge in [-0.25, -0.2) is 8.78 Å². The normalized spacial score (nSPS) is 29.4. The SMILES string of the molecule is C=CCCc1c(F)cc2c(c1F)CCC(C1CCC3CC(CCCCCCC)CCC3C1)C2. The maximum Gasteiger partial charge on any atom is 0.132 e. The summed E-state index contributed by atoms with van der Waals surface area (Å²) in [7, 11) is 0. The molecule has 2 saturated carbocycles. The summed E-state index contributed by atoms with van der Waals surface area (Å²) < 4.78 is 29.7. The van der Waals surface area contributed by atoms with E-state index < -0.39 is 0 Å². The van der Waals surface area contributed by atoms with Crippen LogP contribution in [-0.2, 0) is 19.3 Å². The standard InChI is InChI=1S/C31H46F2/c1-3-5-7-8-9-10-22-12-13-24-19-25(15-14-23(24)18-22)26-16-17-28-27(20-26)21-30(32)29(31(28)33)11-6-4-2/h4,21-26H,2-3,5-20H2,1H3. The van der Waals surface area contributed by atoms with Crippen molar-refractivity contribution in [2.24, 2.45) is 29.6 Å². The fourth-order valence-electron chi connectivity index (χ4n) is 7.55. The summed E-state index contributed by atoms with van der Waals surface area (Å²) in [6.45, 7) is 5.99. The van der Waals surface area contributed by atoms with Crippen LogP contribution in [0.4, 0.5) is 8.78 Å². The molecule has 0 amide bonds. The molecule has 3 aliphatic carbocycles. The van der Waals surface area contributed by atoms with Crippen LogP contribution in [-0.4, -0.2) is 0 Å². The van der Waals surface area contributed by atoms with Crippen molar-refractivity contribution >= 4 is 0 Å². The molecule has 0 heterocycles. The maximum absolute atomic E-state index is 15.0. The molecule has 5 unspecified atom stereocenters. The van der Waals surface area contributed by atoms with Gasteiger partial charge < -0.3 is 0 Å². The third-order valence-electron chi connectivity index (χ3n) is 9.50. The minimum absolute atomic E-state index is 0.262. The van der Waals surface area contributed by atoms with E-state index in [4.69, 9.17) is 0 Å². The topological polar surface area (TPSA) is 0 Å². The molecule has 0 nitrogen and oxygen atoms in total. The fourth-order valence-corrected chi connectivity index (χ4v) is 7.55. The Morgan fingerprint density at radius 2 is 1.64 bits per heavy atom. The minimum atomic E-state index is -0.342. The van der Waals surface area contributed by atoms with E-state index in [1.54, 1.807) is 12.1 Å². The summed E-state index contributed by atoms with van der Waals surface area (Å²) in [5.41, 5.74) is 2.03. The van der Waals surface area contributed by atoms with Gasteiger partial charge in [0.05, 0.1) is 0 Å². The van der Waals surface area contributed by atoms with Gasteiger partial charge >= 0.3 is 0 Å². The number of hydrogen-bond acceptors (Lipinski definition) is 0. The van der Waals surface area contributed by atoms with Crippen molar-refractivity contribution in [1.82, 2.24) is 0 Å². The molecule has 3 aliphatic rings. The Balaban J connectivity index is 1.29. The molecule has 184 valence electrons. The molecule has 0 N–H and O–H groups in total. The predicted octanol–water partition coefficient (Wildman–Crippen LogP) is 9.38. The van der Waals surface area contributed by atoms with Crippen LogP contribution in [0.1, 0.15) is 114 Å². The molecule has 2 heteroatoms. The van der Waals surface area contributed by atoms with Crippen LogP contribution in [0.25, 0.3) is 0 Å². The minimum Gasteiger partial charge on any atom is -0.207 e. The second-order valence-electron chi connectivity index (χ2n) is 11.6. The average Bonchev–Trinajstić information content (AvgIpc) is 2.83. The molecule has 0 spiro atoms. The second kappa shape index (κ2) is 12.0. The van der Waals surface area contributed by atoms with Gasteiger partial charge in [0, 0.05) is 5.56 Å². The molecule has 1 aromatic carbocycles. The monoisotopic (exact) mass is 456 g/mol. The van der Waals surface area contributed by atoms with Crippen molar-refractivity contribution in [3.05, 3.63) is 47.0 Å². The zero-order chi connectivity index (χ0) is 23.2. The van der Waals surface area contributed by atoms with Crippen molar-refractivity contribution in [2.75, 3.05) is 0 Å². The first-order valence-electron chi connectivity index (χ1n) is 14.2. The number of fused-ring (bicyclic) bond motifs is 2. The summed E-state index contributed by atoms with van der Waals surface area (Å²) in [6, 6.07) is 1.67. The molecule has 33 heavy (non-hydrogen) atoms. The maximum atomic E-state index is 15.0. The number of rotatable bonds is 10. The molecule has 0 radical (unpaired) electrons. The van der Waals surface area contributed by atoms with Crippen LogP contribution >= 0.6 is 0 Å². The van der Waals surface area contributed by atoms with Gasteiger partial charge in [-0.1, -0.05) is 57.9 Å². The lowest BCUT2D eigenvalue weighted by Crippen LogP contribution is -2.35. The number of allylic oxidation sites excluding steroid dienone is 1. The Kier molecular flexibility index (Phi) is 9.05. The van der Waals surface area contributed by atoms with Gasteiger partial charge in [0.25, 0.3) is 0 Å². The van der Waals surface area contributed by atoms with Crippen molar-refractivity contribution in [3.63, 3.8) is 0 Å². The third-order valence-corrected chi connectivity index (χ3v) is 9.50. The smallest absolute Gasteiger partial charge is 0.132 e. The van der Waals surface area contributed by atoms with E-state index >= 15 is 4.39 Å². The fraction of sp³-hybridized carbons (Fsp3) is 0.742. The van der Waals surface area contributed by atoms with Crippen molar-refractivity contribution in [3.8, 4) is 0 Å². The van der Waals surface area contributed by atoms with Crippen LogP contribution in [0.15, 0.2) is 18.7 Å². The predicted molar refractivity (Wildman–Crippen MR) is 135 cm³/mol. The van der Waals surface area contributed by atoms with Crippen molar-refractivity contribution < 1.29 is 8.78 Å². The quantitative estimate of drug-likeness (QED) is 0.243.